The van der Waals surface area contributed by atoms with Crippen LogP contribution in [-0.2, 0) is 0 Å². The number of ether oxygens (including phenoxy) is 1. The molecule has 0 amide bonds. The van der Waals surface area contributed by atoms with Crippen LogP contribution in [0, 0.1) is 13.8 Å². The first-order valence-electron chi connectivity index (χ1n) is 5.09. The Labute approximate surface area is 84.5 Å². The number of benzene rings is 1. The Morgan fingerprint density at radius 3 is 2.71 bits per heavy atom. The van der Waals surface area contributed by atoms with Crippen molar-refractivity contribution in [1.29, 1.82) is 0 Å². The van der Waals surface area contributed by atoms with Gasteiger partial charge >= 0.3 is 0 Å². The first-order chi connectivity index (χ1) is 6.63. The van der Waals surface area contributed by atoms with Crippen LogP contribution in [0.2, 0.25) is 0 Å². The second kappa shape index (κ2) is 3.28. The minimum Gasteiger partial charge on any atom is -0.487 e. The third kappa shape index (κ3) is 1.30. The van der Waals surface area contributed by atoms with E-state index in [-0.39, 0.29) is 6.10 Å². The fourth-order valence-corrected chi connectivity index (χ4v) is 2.09. The maximum atomic E-state index is 9.96. The second-order valence-electron chi connectivity index (χ2n) is 4.01. The highest BCUT2D eigenvalue weighted by Gasteiger charge is 2.32. The lowest BCUT2D eigenvalue weighted by atomic mass is 10.0. The largest absolute Gasteiger partial charge is 0.487 e. The zero-order valence-electron chi connectivity index (χ0n) is 8.87. The van der Waals surface area contributed by atoms with E-state index >= 15 is 0 Å². The molecular weight excluding hydrogens is 176 g/mol. The van der Waals surface area contributed by atoms with Gasteiger partial charge in [-0.05, 0) is 31.9 Å². The van der Waals surface area contributed by atoms with Gasteiger partial charge in [0.15, 0.2) is 0 Å². The summed E-state index contributed by atoms with van der Waals surface area (Å²) in [5.41, 5.74) is 3.25. The molecule has 1 aliphatic heterocycles. The van der Waals surface area contributed by atoms with Crippen molar-refractivity contribution in [3.8, 4) is 5.75 Å². The first kappa shape index (κ1) is 9.53. The molecule has 0 bridgehead atoms. The van der Waals surface area contributed by atoms with Crippen LogP contribution < -0.4 is 4.74 Å². The average Bonchev–Trinajstić information content (AvgIpc) is 2.44. The fraction of sp³-hybridized carbons (Fsp3) is 0.500. The van der Waals surface area contributed by atoms with E-state index in [0.29, 0.717) is 0 Å². The zero-order valence-corrected chi connectivity index (χ0v) is 8.87. The van der Waals surface area contributed by atoms with E-state index in [4.69, 9.17) is 4.74 Å². The highest BCUT2D eigenvalue weighted by atomic mass is 16.5. The molecule has 2 nitrogen and oxygen atoms in total. The third-order valence-corrected chi connectivity index (χ3v) is 2.79. The van der Waals surface area contributed by atoms with Crippen LogP contribution in [0.25, 0.3) is 0 Å². The molecular formula is C12H16O2. The lowest BCUT2D eigenvalue weighted by Gasteiger charge is -2.10. The van der Waals surface area contributed by atoms with Gasteiger partial charge in [0.25, 0.3) is 0 Å². The van der Waals surface area contributed by atoms with Crippen molar-refractivity contribution < 1.29 is 9.84 Å². The van der Waals surface area contributed by atoms with E-state index in [2.05, 4.69) is 6.07 Å². The van der Waals surface area contributed by atoms with Crippen molar-refractivity contribution in [2.24, 2.45) is 0 Å². The summed E-state index contributed by atoms with van der Waals surface area (Å²) in [6.07, 6.45) is 0.327. The molecule has 2 heteroatoms. The molecule has 76 valence electrons. The van der Waals surface area contributed by atoms with Crippen LogP contribution in [0.3, 0.4) is 0 Å². The van der Waals surface area contributed by atoms with E-state index < -0.39 is 6.10 Å². The predicted octanol–water partition coefficient (Wildman–Crippen LogP) is 2.51. The summed E-state index contributed by atoms with van der Waals surface area (Å²) in [4.78, 5) is 0. The quantitative estimate of drug-likeness (QED) is 0.740. The molecule has 1 aromatic carbocycles. The van der Waals surface area contributed by atoms with E-state index in [1.807, 2.05) is 26.8 Å². The van der Waals surface area contributed by atoms with E-state index in [1.165, 1.54) is 5.56 Å². The Bertz CT molecular complexity index is 358. The molecule has 2 atom stereocenters. The number of aliphatic hydroxyl groups excluding tert-OH is 1. The normalized spacial score (nSPS) is 24.6. The standard InChI is InChI=1S/C12H16O2/c1-4-10-11(13)9-6-7(2)5-8(3)12(9)14-10/h5-6,10-11,13H,4H2,1-3H3. The van der Waals surface area contributed by atoms with Gasteiger partial charge in [0.2, 0.25) is 0 Å². The van der Waals surface area contributed by atoms with Crippen molar-refractivity contribution in [3.63, 3.8) is 0 Å². The Morgan fingerprint density at radius 2 is 2.07 bits per heavy atom. The van der Waals surface area contributed by atoms with E-state index in [0.717, 1.165) is 23.3 Å². The summed E-state index contributed by atoms with van der Waals surface area (Å²) < 4.78 is 5.70. The van der Waals surface area contributed by atoms with Gasteiger partial charge in [-0.15, -0.1) is 0 Å². The maximum Gasteiger partial charge on any atom is 0.129 e. The monoisotopic (exact) mass is 192 g/mol. The predicted molar refractivity (Wildman–Crippen MR) is 55.6 cm³/mol. The van der Waals surface area contributed by atoms with Gasteiger partial charge in [-0.25, -0.2) is 0 Å². The maximum absolute atomic E-state index is 9.96. The third-order valence-electron chi connectivity index (χ3n) is 2.79. The van der Waals surface area contributed by atoms with Crippen molar-refractivity contribution >= 4 is 0 Å². The summed E-state index contributed by atoms with van der Waals surface area (Å²) in [7, 11) is 0. The molecule has 1 N–H and O–H groups in total. The molecule has 14 heavy (non-hydrogen) atoms. The van der Waals surface area contributed by atoms with Crippen molar-refractivity contribution in [3.05, 3.63) is 28.8 Å². The molecule has 1 aromatic rings. The molecule has 0 fully saturated rings. The molecule has 0 radical (unpaired) electrons. The summed E-state index contributed by atoms with van der Waals surface area (Å²) >= 11 is 0. The van der Waals surface area contributed by atoms with Gasteiger partial charge in [-0.3, -0.25) is 0 Å². The van der Waals surface area contributed by atoms with Gasteiger partial charge < -0.3 is 9.84 Å². The Morgan fingerprint density at radius 1 is 1.36 bits per heavy atom. The van der Waals surface area contributed by atoms with Crippen LogP contribution in [0.1, 0.15) is 36.1 Å². The number of aliphatic hydroxyl groups is 1. The van der Waals surface area contributed by atoms with Gasteiger partial charge in [-0.2, -0.15) is 0 Å². The minimum atomic E-state index is -0.450. The zero-order chi connectivity index (χ0) is 10.3. The highest BCUT2D eigenvalue weighted by molar-refractivity contribution is 5.48. The lowest BCUT2D eigenvalue weighted by molar-refractivity contribution is 0.0651. The molecule has 1 aliphatic rings. The topological polar surface area (TPSA) is 29.5 Å². The molecule has 0 saturated carbocycles. The van der Waals surface area contributed by atoms with E-state index in [1.54, 1.807) is 0 Å². The molecule has 2 unspecified atom stereocenters. The highest BCUT2D eigenvalue weighted by Crippen LogP contribution is 2.40. The molecule has 0 aromatic heterocycles. The first-order valence-corrected chi connectivity index (χ1v) is 5.09. The van der Waals surface area contributed by atoms with Gasteiger partial charge in [-0.1, -0.05) is 18.6 Å². The van der Waals surface area contributed by atoms with Crippen molar-refractivity contribution in [2.45, 2.75) is 39.4 Å². The molecule has 0 spiro atoms. The number of fused-ring (bicyclic) bond motifs is 1. The summed E-state index contributed by atoms with van der Waals surface area (Å²) in [5.74, 6) is 0.884. The van der Waals surface area contributed by atoms with Gasteiger partial charge in [0.1, 0.15) is 18.0 Å². The van der Waals surface area contributed by atoms with Crippen LogP contribution in [-0.4, -0.2) is 11.2 Å². The van der Waals surface area contributed by atoms with Gasteiger partial charge in [0, 0.05) is 5.56 Å². The van der Waals surface area contributed by atoms with Crippen molar-refractivity contribution in [1.82, 2.24) is 0 Å². The Kier molecular flexibility index (Phi) is 2.23. The van der Waals surface area contributed by atoms with Crippen LogP contribution in [0.5, 0.6) is 5.75 Å². The van der Waals surface area contributed by atoms with E-state index in [9.17, 15) is 5.11 Å². The number of aryl methyl sites for hydroxylation is 2. The summed E-state index contributed by atoms with van der Waals surface area (Å²) in [5, 5.41) is 9.96. The van der Waals surface area contributed by atoms with Crippen LogP contribution >= 0.6 is 0 Å². The summed E-state index contributed by atoms with van der Waals surface area (Å²) in [6, 6.07) is 4.10. The minimum absolute atomic E-state index is 0.0644. The van der Waals surface area contributed by atoms with Crippen LogP contribution in [0.15, 0.2) is 12.1 Å². The average molecular weight is 192 g/mol. The SMILES string of the molecule is CCC1Oc2c(C)cc(C)cc2C1O. The number of hydrogen-bond donors (Lipinski definition) is 1. The van der Waals surface area contributed by atoms with Crippen LogP contribution in [0.4, 0.5) is 0 Å². The summed E-state index contributed by atoms with van der Waals surface area (Å²) in [6.45, 7) is 6.10. The molecule has 1 heterocycles. The molecule has 2 rings (SSSR count). The van der Waals surface area contributed by atoms with Crippen molar-refractivity contribution in [2.75, 3.05) is 0 Å². The number of hydrogen-bond acceptors (Lipinski definition) is 2. The lowest BCUT2D eigenvalue weighted by Crippen LogP contribution is -2.16. The molecule has 0 aliphatic carbocycles. The fourth-order valence-electron chi connectivity index (χ4n) is 2.09. The molecule has 0 saturated heterocycles. The Hall–Kier alpha value is -1.02. The smallest absolute Gasteiger partial charge is 0.129 e. The number of rotatable bonds is 1. The second-order valence-corrected chi connectivity index (χ2v) is 4.01. The Balaban J connectivity index is 2.48. The van der Waals surface area contributed by atoms with Gasteiger partial charge in [0.05, 0.1) is 0 Å².